The van der Waals surface area contributed by atoms with Crippen molar-refractivity contribution in [3.8, 4) is 5.75 Å². The molecule has 0 bridgehead atoms. The lowest BCUT2D eigenvalue weighted by molar-refractivity contribution is 0.0944. The highest BCUT2D eigenvalue weighted by Gasteiger charge is 2.20. The number of carbonyl (C=O) groups excluding carboxylic acids is 1. The van der Waals surface area contributed by atoms with Gasteiger partial charge in [-0.15, -0.1) is 0 Å². The first-order valence-electron chi connectivity index (χ1n) is 12.5. The Morgan fingerprint density at radius 1 is 0.944 bits per heavy atom. The Bertz CT molecular complexity index is 1340. The van der Waals surface area contributed by atoms with Gasteiger partial charge in [0.2, 0.25) is 0 Å². The summed E-state index contributed by atoms with van der Waals surface area (Å²) in [5.41, 5.74) is 6.88. The van der Waals surface area contributed by atoms with E-state index in [0.29, 0.717) is 18.7 Å². The average molecular weight is 484 g/mol. The monoisotopic (exact) mass is 483 g/mol. The van der Waals surface area contributed by atoms with E-state index in [9.17, 15) is 4.79 Å². The van der Waals surface area contributed by atoms with Gasteiger partial charge in [-0.25, -0.2) is 4.98 Å². The van der Waals surface area contributed by atoms with Crippen LogP contribution in [-0.4, -0.2) is 48.6 Å². The number of aromatic nitrogens is 2. The number of ether oxygens (including phenoxy) is 1. The molecule has 0 spiro atoms. The van der Waals surface area contributed by atoms with Gasteiger partial charge in [0.1, 0.15) is 17.1 Å². The lowest BCUT2D eigenvalue weighted by Crippen LogP contribution is -2.46. The first-order valence-corrected chi connectivity index (χ1v) is 12.5. The third-order valence-electron chi connectivity index (χ3n) is 6.94. The number of amides is 1. The van der Waals surface area contributed by atoms with Gasteiger partial charge >= 0.3 is 0 Å². The van der Waals surface area contributed by atoms with Crippen LogP contribution in [0.5, 0.6) is 5.75 Å². The minimum absolute atomic E-state index is 0.0938. The molecule has 2 aromatic heterocycles. The summed E-state index contributed by atoms with van der Waals surface area (Å²) in [5.74, 6) is 0.789. The van der Waals surface area contributed by atoms with Crippen LogP contribution in [0.25, 0.3) is 5.65 Å². The summed E-state index contributed by atoms with van der Waals surface area (Å²) in [6.45, 7) is 8.41. The maximum Gasteiger partial charge on any atom is 0.270 e. The number of nitrogens with one attached hydrogen (secondary N) is 1. The number of aryl methyl sites for hydroxylation is 2. The van der Waals surface area contributed by atoms with Crippen molar-refractivity contribution in [2.45, 2.75) is 26.8 Å². The highest BCUT2D eigenvalue weighted by Crippen LogP contribution is 2.23. The predicted molar refractivity (Wildman–Crippen MR) is 144 cm³/mol. The second-order valence-electron chi connectivity index (χ2n) is 9.17. The molecule has 186 valence electrons. The molecule has 4 aromatic rings. The van der Waals surface area contributed by atoms with Gasteiger partial charge < -0.3 is 19.9 Å². The van der Waals surface area contributed by atoms with Gasteiger partial charge in [-0.1, -0.05) is 25.1 Å². The fraction of sp³-hybridized carbons (Fsp3) is 0.310. The lowest BCUT2D eigenvalue weighted by Gasteiger charge is -2.37. The van der Waals surface area contributed by atoms with Crippen LogP contribution in [-0.2, 0) is 13.0 Å². The number of rotatable bonds is 7. The molecule has 3 heterocycles. The summed E-state index contributed by atoms with van der Waals surface area (Å²) in [6, 6.07) is 20.7. The maximum absolute atomic E-state index is 13.1. The number of imidazole rings is 1. The highest BCUT2D eigenvalue weighted by atomic mass is 16.5. The molecule has 1 N–H and O–H groups in total. The number of benzene rings is 2. The molecular formula is C29H33N5O2. The number of anilines is 2. The third kappa shape index (κ3) is 4.73. The van der Waals surface area contributed by atoms with Crippen LogP contribution in [0.3, 0.4) is 0 Å². The van der Waals surface area contributed by atoms with Gasteiger partial charge in [-0.3, -0.25) is 9.20 Å². The van der Waals surface area contributed by atoms with Gasteiger partial charge in [0, 0.05) is 50.3 Å². The van der Waals surface area contributed by atoms with Crippen LogP contribution in [0.4, 0.5) is 11.4 Å². The van der Waals surface area contributed by atoms with Crippen LogP contribution >= 0.6 is 0 Å². The van der Waals surface area contributed by atoms with Crippen molar-refractivity contribution >= 4 is 22.9 Å². The topological polar surface area (TPSA) is 62.1 Å². The molecule has 1 aliphatic rings. The quantitative estimate of drug-likeness (QED) is 0.420. The van der Waals surface area contributed by atoms with Crippen molar-refractivity contribution in [2.24, 2.45) is 0 Å². The number of carbonyl (C=O) groups is 1. The molecule has 1 aliphatic heterocycles. The highest BCUT2D eigenvalue weighted by molar-refractivity contribution is 5.94. The fourth-order valence-corrected chi connectivity index (χ4v) is 4.84. The number of pyridine rings is 1. The summed E-state index contributed by atoms with van der Waals surface area (Å²) in [6.07, 6.45) is 2.62. The number of hydrogen-bond donors (Lipinski definition) is 1. The minimum atomic E-state index is -0.0938. The first kappa shape index (κ1) is 23.7. The number of methoxy groups -OCH3 is 1. The molecule has 5 rings (SSSR count). The normalized spacial score (nSPS) is 13.8. The Morgan fingerprint density at radius 2 is 1.56 bits per heavy atom. The molecule has 1 fully saturated rings. The van der Waals surface area contributed by atoms with Crippen LogP contribution in [0.15, 0.2) is 66.9 Å². The van der Waals surface area contributed by atoms with Crippen molar-refractivity contribution in [2.75, 3.05) is 43.1 Å². The molecule has 0 aliphatic carbocycles. The molecule has 36 heavy (non-hydrogen) atoms. The van der Waals surface area contributed by atoms with Gasteiger partial charge in [-0.2, -0.15) is 0 Å². The van der Waals surface area contributed by atoms with E-state index >= 15 is 0 Å². The van der Waals surface area contributed by atoms with E-state index in [-0.39, 0.29) is 5.91 Å². The van der Waals surface area contributed by atoms with E-state index in [4.69, 9.17) is 9.72 Å². The zero-order valence-electron chi connectivity index (χ0n) is 21.2. The van der Waals surface area contributed by atoms with Crippen LogP contribution < -0.4 is 19.9 Å². The summed E-state index contributed by atoms with van der Waals surface area (Å²) in [5, 5.41) is 3.09. The van der Waals surface area contributed by atoms with Crippen molar-refractivity contribution in [3.05, 3.63) is 89.4 Å². The molecule has 2 aromatic carbocycles. The number of fused-ring (bicyclic) bond motifs is 1. The van der Waals surface area contributed by atoms with Gasteiger partial charge in [-0.05, 0) is 66.9 Å². The van der Waals surface area contributed by atoms with Crippen molar-refractivity contribution in [1.82, 2.24) is 14.7 Å². The Labute approximate surface area is 212 Å². The predicted octanol–water partition coefficient (Wildman–Crippen LogP) is 4.47. The zero-order valence-corrected chi connectivity index (χ0v) is 21.2. The van der Waals surface area contributed by atoms with Crippen LogP contribution in [0.2, 0.25) is 0 Å². The van der Waals surface area contributed by atoms with Crippen molar-refractivity contribution in [3.63, 3.8) is 0 Å². The standard InChI is InChI=1S/C29H33N5O2/c1-4-26-27(34-15-5-6-21(2)28(34)31-26)29(35)30-20-22-7-9-23(10-8-22)32-16-18-33(19-17-32)24-11-13-25(36-3)14-12-24/h5-15H,4,16-20H2,1-3H3,(H,30,35). The first-order chi connectivity index (χ1) is 17.6. The molecule has 7 nitrogen and oxygen atoms in total. The van der Waals surface area contributed by atoms with E-state index in [2.05, 4.69) is 51.5 Å². The van der Waals surface area contributed by atoms with Gasteiger partial charge in [0.05, 0.1) is 12.8 Å². The summed E-state index contributed by atoms with van der Waals surface area (Å²) in [4.78, 5) is 22.6. The summed E-state index contributed by atoms with van der Waals surface area (Å²) in [7, 11) is 1.69. The average Bonchev–Trinajstić information content (AvgIpc) is 3.32. The lowest BCUT2D eigenvalue weighted by atomic mass is 10.1. The molecule has 0 unspecified atom stereocenters. The molecule has 7 heteroatoms. The van der Waals surface area contributed by atoms with E-state index in [1.165, 1.54) is 11.4 Å². The van der Waals surface area contributed by atoms with Crippen LogP contribution in [0, 0.1) is 6.92 Å². The van der Waals surface area contributed by atoms with Crippen LogP contribution in [0.1, 0.15) is 34.2 Å². The second kappa shape index (κ2) is 10.3. The number of piperazine rings is 1. The smallest absolute Gasteiger partial charge is 0.270 e. The number of hydrogen-bond acceptors (Lipinski definition) is 5. The second-order valence-corrected chi connectivity index (χ2v) is 9.17. The fourth-order valence-electron chi connectivity index (χ4n) is 4.84. The van der Waals surface area contributed by atoms with E-state index in [0.717, 1.165) is 54.4 Å². The van der Waals surface area contributed by atoms with E-state index in [1.54, 1.807) is 7.11 Å². The molecule has 0 radical (unpaired) electrons. The largest absolute Gasteiger partial charge is 0.497 e. The maximum atomic E-state index is 13.1. The van der Waals surface area contributed by atoms with Crippen molar-refractivity contribution in [1.29, 1.82) is 0 Å². The molecule has 0 saturated carbocycles. The SMILES string of the molecule is CCc1nc2c(C)cccn2c1C(=O)NCc1ccc(N2CCN(c3ccc(OC)cc3)CC2)cc1. The molecule has 1 amide bonds. The summed E-state index contributed by atoms with van der Waals surface area (Å²) >= 11 is 0. The Hall–Kier alpha value is -4.00. The van der Waals surface area contributed by atoms with E-state index < -0.39 is 0 Å². The van der Waals surface area contributed by atoms with E-state index in [1.807, 2.05) is 48.7 Å². The zero-order chi connectivity index (χ0) is 25.1. The molecule has 0 atom stereocenters. The molecule has 1 saturated heterocycles. The molecular weight excluding hydrogens is 450 g/mol. The Balaban J connectivity index is 1.19. The Kier molecular flexibility index (Phi) is 6.80. The number of nitrogens with zero attached hydrogens (tertiary/aromatic N) is 4. The summed E-state index contributed by atoms with van der Waals surface area (Å²) < 4.78 is 7.17. The minimum Gasteiger partial charge on any atom is -0.497 e. The third-order valence-corrected chi connectivity index (χ3v) is 6.94. The van der Waals surface area contributed by atoms with Gasteiger partial charge in [0.15, 0.2) is 0 Å². The van der Waals surface area contributed by atoms with Crippen molar-refractivity contribution < 1.29 is 9.53 Å². The van der Waals surface area contributed by atoms with Gasteiger partial charge in [0.25, 0.3) is 5.91 Å². The Morgan fingerprint density at radius 3 is 2.14 bits per heavy atom.